The van der Waals surface area contributed by atoms with Crippen LogP contribution < -0.4 is 10.1 Å². The average Bonchev–Trinajstić information content (AvgIpc) is 2.93. The molecule has 8 nitrogen and oxygen atoms in total. The molecule has 23 heavy (non-hydrogen) atoms. The lowest BCUT2D eigenvalue weighted by Crippen LogP contribution is -2.01. The second-order valence-corrected chi connectivity index (χ2v) is 4.78. The molecule has 0 aliphatic carbocycles. The van der Waals surface area contributed by atoms with Gasteiger partial charge in [0.05, 0.1) is 6.20 Å². The van der Waals surface area contributed by atoms with E-state index < -0.39 is 16.6 Å². The molecular formula is C13H9ClFN5O3. The summed E-state index contributed by atoms with van der Waals surface area (Å²) in [4.78, 5) is 14.0. The fraction of sp³-hybridized carbons (Fsp3) is 0.0769. The summed E-state index contributed by atoms with van der Waals surface area (Å²) in [5.41, 5.74) is 0.124. The molecule has 0 unspecified atom stereocenters. The highest BCUT2D eigenvalue weighted by atomic mass is 35.5. The molecule has 3 rings (SSSR count). The predicted molar refractivity (Wildman–Crippen MR) is 80.7 cm³/mol. The molecule has 1 N–H and O–H groups in total. The van der Waals surface area contributed by atoms with Gasteiger partial charge in [-0.25, -0.2) is 8.91 Å². The molecular weight excluding hydrogens is 329 g/mol. The number of halogens is 2. The topological polar surface area (TPSA) is 94.6 Å². The third kappa shape index (κ3) is 2.50. The number of hydrogen-bond donors (Lipinski definition) is 1. The number of nitro groups is 1. The van der Waals surface area contributed by atoms with Gasteiger partial charge in [0.1, 0.15) is 10.5 Å². The Morgan fingerprint density at radius 1 is 1.43 bits per heavy atom. The molecule has 0 bridgehead atoms. The Bertz CT molecular complexity index is 914. The van der Waals surface area contributed by atoms with Crippen molar-refractivity contribution in [3.8, 4) is 11.5 Å². The van der Waals surface area contributed by atoms with Crippen molar-refractivity contribution in [1.29, 1.82) is 0 Å². The van der Waals surface area contributed by atoms with Gasteiger partial charge in [0, 0.05) is 13.2 Å². The second kappa shape index (κ2) is 5.69. The Balaban J connectivity index is 2.08. The molecule has 3 aromatic rings. The second-order valence-electron chi connectivity index (χ2n) is 4.40. The van der Waals surface area contributed by atoms with Crippen LogP contribution in [0.25, 0.3) is 5.52 Å². The number of fused-ring (bicyclic) bond motifs is 1. The lowest BCUT2D eigenvalue weighted by atomic mass is 10.3. The highest BCUT2D eigenvalue weighted by Crippen LogP contribution is 2.39. The van der Waals surface area contributed by atoms with E-state index in [1.807, 2.05) is 0 Å². The molecule has 3 heterocycles. The summed E-state index contributed by atoms with van der Waals surface area (Å²) in [6.45, 7) is 0. The van der Waals surface area contributed by atoms with Crippen molar-refractivity contribution in [3.63, 3.8) is 0 Å². The minimum atomic E-state index is -0.670. The molecule has 0 fully saturated rings. The third-order valence-corrected chi connectivity index (χ3v) is 3.44. The van der Waals surface area contributed by atoms with Gasteiger partial charge in [-0.1, -0.05) is 11.6 Å². The summed E-state index contributed by atoms with van der Waals surface area (Å²) < 4.78 is 20.7. The monoisotopic (exact) mass is 337 g/mol. The van der Waals surface area contributed by atoms with Crippen LogP contribution in [0, 0.1) is 15.9 Å². The smallest absolute Gasteiger partial charge is 0.388 e. The molecule has 0 aliphatic heterocycles. The van der Waals surface area contributed by atoms with E-state index in [4.69, 9.17) is 16.3 Å². The zero-order chi connectivity index (χ0) is 16.6. The van der Waals surface area contributed by atoms with Crippen LogP contribution in [0.15, 0.2) is 30.7 Å². The van der Waals surface area contributed by atoms with Crippen LogP contribution in [0.1, 0.15) is 0 Å². The van der Waals surface area contributed by atoms with Gasteiger partial charge in [-0.2, -0.15) is 5.10 Å². The van der Waals surface area contributed by atoms with Crippen molar-refractivity contribution in [1.82, 2.24) is 14.6 Å². The van der Waals surface area contributed by atoms with Gasteiger partial charge in [0.15, 0.2) is 29.2 Å². The molecule has 0 radical (unpaired) electrons. The first-order valence-electron chi connectivity index (χ1n) is 6.33. The molecule has 10 heteroatoms. The van der Waals surface area contributed by atoms with Crippen LogP contribution in [0.2, 0.25) is 5.02 Å². The number of aromatic nitrogens is 3. The predicted octanol–water partition coefficient (Wildman–Crippen LogP) is 3.26. The minimum absolute atomic E-state index is 0.00566. The van der Waals surface area contributed by atoms with Gasteiger partial charge in [-0.3, -0.25) is 0 Å². The quantitative estimate of drug-likeness (QED) is 0.580. The van der Waals surface area contributed by atoms with E-state index in [-0.39, 0.29) is 27.7 Å². The van der Waals surface area contributed by atoms with Crippen LogP contribution in [0.4, 0.5) is 15.9 Å². The van der Waals surface area contributed by atoms with E-state index in [0.29, 0.717) is 0 Å². The number of rotatable bonds is 4. The lowest BCUT2D eigenvalue weighted by molar-refractivity contribution is -0.388. The van der Waals surface area contributed by atoms with E-state index in [9.17, 15) is 14.5 Å². The van der Waals surface area contributed by atoms with Crippen LogP contribution in [0.5, 0.6) is 11.5 Å². The van der Waals surface area contributed by atoms with Gasteiger partial charge >= 0.3 is 5.82 Å². The Morgan fingerprint density at radius 3 is 2.91 bits per heavy atom. The van der Waals surface area contributed by atoms with Crippen molar-refractivity contribution in [3.05, 3.63) is 51.7 Å². The molecule has 0 aliphatic rings. The van der Waals surface area contributed by atoms with Gasteiger partial charge in [0.25, 0.3) is 0 Å². The molecule has 0 amide bonds. The number of nitrogens with one attached hydrogen (secondary N) is 1. The highest BCUT2D eigenvalue weighted by molar-refractivity contribution is 6.35. The SMILES string of the molecule is CNc1c([N+](=O)[O-])ncc(Oc2cnn3cccc(F)c23)c1Cl. The van der Waals surface area contributed by atoms with Gasteiger partial charge < -0.3 is 20.2 Å². The Labute approximate surface area is 133 Å². The highest BCUT2D eigenvalue weighted by Gasteiger charge is 2.23. The number of anilines is 1. The van der Waals surface area contributed by atoms with Gasteiger partial charge in [-0.15, -0.1) is 0 Å². The Hall–Kier alpha value is -2.94. The van der Waals surface area contributed by atoms with Crippen molar-refractivity contribution in [2.75, 3.05) is 12.4 Å². The molecule has 0 atom stereocenters. The molecule has 0 saturated carbocycles. The van der Waals surface area contributed by atoms with Crippen molar-refractivity contribution < 1.29 is 14.1 Å². The van der Waals surface area contributed by atoms with Gasteiger partial charge in [0.2, 0.25) is 0 Å². The summed E-state index contributed by atoms with van der Waals surface area (Å²) in [6.07, 6.45) is 3.97. The van der Waals surface area contributed by atoms with Crippen LogP contribution in [-0.4, -0.2) is 26.6 Å². The number of ether oxygens (including phenoxy) is 1. The normalized spacial score (nSPS) is 10.7. The summed E-state index contributed by atoms with van der Waals surface area (Å²) >= 11 is 6.11. The molecule has 0 spiro atoms. The average molecular weight is 338 g/mol. The largest absolute Gasteiger partial charge is 0.448 e. The van der Waals surface area contributed by atoms with Gasteiger partial charge in [-0.05, 0) is 22.0 Å². The maximum absolute atomic E-state index is 13.9. The van der Waals surface area contributed by atoms with Crippen molar-refractivity contribution in [2.45, 2.75) is 0 Å². The fourth-order valence-corrected chi connectivity index (χ4v) is 2.33. The molecule has 0 saturated heterocycles. The number of pyridine rings is 2. The lowest BCUT2D eigenvalue weighted by Gasteiger charge is -2.08. The standard InChI is InChI=1S/C13H9ClFN5O3/c1-16-11-10(14)8(5-17-13(11)20(21)22)23-9-6-18-19-4-2-3-7(15)12(9)19/h2-6,16H,1H3. The summed E-state index contributed by atoms with van der Waals surface area (Å²) in [5.74, 6) is -0.807. The number of hydrogen-bond acceptors (Lipinski definition) is 6. The molecule has 0 aromatic carbocycles. The Kier molecular flexibility index (Phi) is 3.70. The van der Waals surface area contributed by atoms with E-state index in [0.717, 1.165) is 6.20 Å². The first-order chi connectivity index (χ1) is 11.0. The van der Waals surface area contributed by atoms with Crippen molar-refractivity contribution >= 4 is 28.6 Å². The van der Waals surface area contributed by atoms with Crippen LogP contribution >= 0.6 is 11.6 Å². The van der Waals surface area contributed by atoms with Crippen LogP contribution in [0.3, 0.4) is 0 Å². The fourth-order valence-electron chi connectivity index (χ4n) is 2.06. The zero-order valence-corrected chi connectivity index (χ0v) is 12.4. The van der Waals surface area contributed by atoms with E-state index in [1.54, 1.807) is 6.20 Å². The van der Waals surface area contributed by atoms with Crippen molar-refractivity contribution in [2.24, 2.45) is 0 Å². The summed E-state index contributed by atoms with van der Waals surface area (Å²) in [5, 5.41) is 17.4. The van der Waals surface area contributed by atoms with E-state index >= 15 is 0 Å². The maximum atomic E-state index is 13.9. The van der Waals surface area contributed by atoms with Crippen LogP contribution in [-0.2, 0) is 0 Å². The Morgan fingerprint density at radius 2 is 2.22 bits per heavy atom. The first-order valence-corrected chi connectivity index (χ1v) is 6.71. The zero-order valence-electron chi connectivity index (χ0n) is 11.7. The molecule has 3 aromatic heterocycles. The van der Waals surface area contributed by atoms with E-state index in [1.165, 1.54) is 29.9 Å². The first kappa shape index (κ1) is 15.0. The summed E-state index contributed by atoms with van der Waals surface area (Å²) in [7, 11) is 1.47. The maximum Gasteiger partial charge on any atom is 0.388 e. The van der Waals surface area contributed by atoms with E-state index in [2.05, 4.69) is 15.4 Å². The molecule has 118 valence electrons. The summed E-state index contributed by atoms with van der Waals surface area (Å²) in [6, 6.07) is 2.76. The number of nitrogens with zero attached hydrogens (tertiary/aromatic N) is 4. The third-order valence-electron chi connectivity index (χ3n) is 3.06. The minimum Gasteiger partial charge on any atom is -0.448 e.